The van der Waals surface area contributed by atoms with Crippen molar-refractivity contribution in [2.24, 2.45) is 7.05 Å². The summed E-state index contributed by atoms with van der Waals surface area (Å²) in [6, 6.07) is -1.72. The van der Waals surface area contributed by atoms with Crippen molar-refractivity contribution in [1.82, 2.24) is 25.4 Å². The third-order valence-corrected chi connectivity index (χ3v) is 3.50. The highest BCUT2D eigenvalue weighted by molar-refractivity contribution is 7.09. The van der Waals surface area contributed by atoms with Gasteiger partial charge in [-0.2, -0.15) is 5.10 Å². The van der Waals surface area contributed by atoms with E-state index in [1.807, 2.05) is 12.3 Å². The molecule has 1 atom stereocenters. The van der Waals surface area contributed by atoms with Gasteiger partial charge in [-0.1, -0.05) is 0 Å². The summed E-state index contributed by atoms with van der Waals surface area (Å²) >= 11 is 1.49. The van der Waals surface area contributed by atoms with Crippen molar-refractivity contribution in [3.63, 3.8) is 0 Å². The largest absolute Gasteiger partial charge is 0.479 e. The number of aryl methyl sites for hydroxylation is 2. The standard InChI is InChI=1S/C12H15N5O3S/c1-7-15-9(6-21-7)4-13-12(20)16-10(11(18)19)8-3-14-17(2)5-8/h3,5-6,10H,4H2,1-2H3,(H,18,19)(H2,13,16,20). The lowest BCUT2D eigenvalue weighted by Crippen LogP contribution is -2.40. The summed E-state index contributed by atoms with van der Waals surface area (Å²) in [4.78, 5) is 27.2. The zero-order valence-corrected chi connectivity index (χ0v) is 12.3. The Labute approximate surface area is 124 Å². The Morgan fingerprint density at radius 2 is 2.29 bits per heavy atom. The van der Waals surface area contributed by atoms with Crippen molar-refractivity contribution in [1.29, 1.82) is 0 Å². The van der Waals surface area contributed by atoms with Crippen molar-refractivity contribution in [3.05, 3.63) is 34.0 Å². The molecule has 0 saturated carbocycles. The van der Waals surface area contributed by atoms with Crippen LogP contribution in [-0.4, -0.2) is 31.9 Å². The van der Waals surface area contributed by atoms with Gasteiger partial charge >= 0.3 is 12.0 Å². The van der Waals surface area contributed by atoms with E-state index in [1.165, 1.54) is 22.2 Å². The number of carbonyl (C=O) groups excluding carboxylic acids is 1. The monoisotopic (exact) mass is 309 g/mol. The van der Waals surface area contributed by atoms with Crippen LogP contribution in [0.1, 0.15) is 22.3 Å². The predicted octanol–water partition coefficient (Wildman–Crippen LogP) is 0.810. The van der Waals surface area contributed by atoms with E-state index in [4.69, 9.17) is 0 Å². The minimum atomic E-state index is -1.15. The summed E-state index contributed by atoms with van der Waals surface area (Å²) in [7, 11) is 1.67. The van der Waals surface area contributed by atoms with Gasteiger partial charge in [0, 0.05) is 24.2 Å². The van der Waals surface area contributed by atoms with Gasteiger partial charge in [0.1, 0.15) is 0 Å². The van der Waals surface area contributed by atoms with E-state index < -0.39 is 18.0 Å². The molecule has 0 aromatic carbocycles. The predicted molar refractivity (Wildman–Crippen MR) is 75.8 cm³/mol. The summed E-state index contributed by atoms with van der Waals surface area (Å²) in [5.41, 5.74) is 1.14. The number of hydrogen-bond donors (Lipinski definition) is 3. The quantitative estimate of drug-likeness (QED) is 0.757. The van der Waals surface area contributed by atoms with E-state index in [-0.39, 0.29) is 6.54 Å². The maximum atomic E-state index is 11.8. The molecule has 2 heterocycles. The van der Waals surface area contributed by atoms with Crippen LogP contribution in [0.5, 0.6) is 0 Å². The molecule has 0 aliphatic carbocycles. The molecular formula is C12H15N5O3S. The highest BCUT2D eigenvalue weighted by Crippen LogP contribution is 2.12. The number of nitrogens with one attached hydrogen (secondary N) is 2. The maximum Gasteiger partial charge on any atom is 0.331 e. The normalized spacial score (nSPS) is 11.9. The van der Waals surface area contributed by atoms with Crippen molar-refractivity contribution >= 4 is 23.3 Å². The van der Waals surface area contributed by atoms with Crippen LogP contribution in [-0.2, 0) is 18.4 Å². The smallest absolute Gasteiger partial charge is 0.331 e. The van der Waals surface area contributed by atoms with Crippen molar-refractivity contribution in [3.8, 4) is 0 Å². The topological polar surface area (TPSA) is 109 Å². The van der Waals surface area contributed by atoms with Gasteiger partial charge in [-0.15, -0.1) is 11.3 Å². The number of amides is 2. The van der Waals surface area contributed by atoms with Gasteiger partial charge in [-0.25, -0.2) is 14.6 Å². The zero-order chi connectivity index (χ0) is 15.4. The summed E-state index contributed by atoms with van der Waals surface area (Å²) in [5, 5.41) is 20.8. The number of urea groups is 1. The highest BCUT2D eigenvalue weighted by atomic mass is 32.1. The Morgan fingerprint density at radius 3 is 2.81 bits per heavy atom. The molecule has 0 saturated heterocycles. The van der Waals surface area contributed by atoms with Gasteiger partial charge in [-0.3, -0.25) is 4.68 Å². The lowest BCUT2D eigenvalue weighted by Gasteiger charge is -2.13. The van der Waals surface area contributed by atoms with Crippen LogP contribution < -0.4 is 10.6 Å². The first-order valence-corrected chi connectivity index (χ1v) is 7.00. The molecule has 0 spiro atoms. The Morgan fingerprint density at radius 1 is 1.52 bits per heavy atom. The molecule has 0 aliphatic rings. The average molecular weight is 309 g/mol. The van der Waals surface area contributed by atoms with Gasteiger partial charge in [0.25, 0.3) is 0 Å². The number of carbonyl (C=O) groups is 2. The number of carboxylic acids is 1. The number of thiazole rings is 1. The summed E-state index contributed by atoms with van der Waals surface area (Å²) in [6.45, 7) is 2.12. The zero-order valence-electron chi connectivity index (χ0n) is 11.5. The molecule has 21 heavy (non-hydrogen) atoms. The van der Waals surface area contributed by atoms with E-state index in [0.717, 1.165) is 10.7 Å². The van der Waals surface area contributed by atoms with Gasteiger partial charge in [0.05, 0.1) is 23.4 Å². The Balaban J connectivity index is 1.94. The van der Waals surface area contributed by atoms with Gasteiger partial charge in [-0.05, 0) is 6.92 Å². The first kappa shape index (κ1) is 15.0. The molecule has 0 aliphatic heterocycles. The average Bonchev–Trinajstić information content (AvgIpc) is 3.02. The number of aliphatic carboxylic acids is 1. The van der Waals surface area contributed by atoms with Gasteiger partial charge in [0.2, 0.25) is 0 Å². The van der Waals surface area contributed by atoms with E-state index in [1.54, 1.807) is 13.2 Å². The fourth-order valence-corrected chi connectivity index (χ4v) is 2.33. The molecule has 1 unspecified atom stereocenters. The summed E-state index contributed by atoms with van der Waals surface area (Å²) in [5.74, 6) is -1.15. The highest BCUT2D eigenvalue weighted by Gasteiger charge is 2.23. The van der Waals surface area contributed by atoms with Crippen molar-refractivity contribution < 1.29 is 14.7 Å². The molecule has 2 aromatic heterocycles. The van der Waals surface area contributed by atoms with Crippen molar-refractivity contribution in [2.75, 3.05) is 0 Å². The molecule has 0 fully saturated rings. The third-order valence-electron chi connectivity index (χ3n) is 2.68. The Kier molecular flexibility index (Phi) is 4.53. The van der Waals surface area contributed by atoms with E-state index in [9.17, 15) is 14.7 Å². The molecule has 2 amide bonds. The summed E-state index contributed by atoms with van der Waals surface area (Å²) < 4.78 is 1.48. The lowest BCUT2D eigenvalue weighted by molar-refractivity contribution is -0.139. The SMILES string of the molecule is Cc1nc(CNC(=O)NC(C(=O)O)c2cnn(C)c2)cs1. The Bertz CT molecular complexity index is 651. The van der Waals surface area contributed by atoms with Crippen LogP contribution >= 0.6 is 11.3 Å². The number of hydrogen-bond acceptors (Lipinski definition) is 5. The molecule has 2 rings (SSSR count). The van der Waals surface area contributed by atoms with Crippen LogP contribution in [0.2, 0.25) is 0 Å². The molecule has 0 bridgehead atoms. The minimum Gasteiger partial charge on any atom is -0.479 e. The summed E-state index contributed by atoms with van der Waals surface area (Å²) in [6.07, 6.45) is 2.95. The second kappa shape index (κ2) is 6.35. The second-order valence-electron chi connectivity index (χ2n) is 4.40. The molecule has 112 valence electrons. The van der Waals surface area contributed by atoms with E-state index in [0.29, 0.717) is 5.56 Å². The molecule has 9 heteroatoms. The minimum absolute atomic E-state index is 0.246. The first-order chi connectivity index (χ1) is 9.95. The Hall–Kier alpha value is -2.42. The fourth-order valence-electron chi connectivity index (χ4n) is 1.72. The van der Waals surface area contributed by atoms with E-state index in [2.05, 4.69) is 20.7 Å². The van der Waals surface area contributed by atoms with Crippen LogP contribution in [0, 0.1) is 6.92 Å². The fraction of sp³-hybridized carbons (Fsp3) is 0.333. The number of carboxylic acid groups (broad SMARTS) is 1. The number of rotatable bonds is 5. The molecule has 0 radical (unpaired) electrons. The van der Waals surface area contributed by atoms with Crippen molar-refractivity contribution in [2.45, 2.75) is 19.5 Å². The van der Waals surface area contributed by atoms with Gasteiger partial charge < -0.3 is 15.7 Å². The van der Waals surface area contributed by atoms with E-state index >= 15 is 0 Å². The first-order valence-electron chi connectivity index (χ1n) is 6.12. The number of nitrogens with zero attached hydrogens (tertiary/aromatic N) is 3. The second-order valence-corrected chi connectivity index (χ2v) is 5.47. The molecular weight excluding hydrogens is 294 g/mol. The van der Waals surface area contributed by atoms with Crippen LogP contribution in [0.15, 0.2) is 17.8 Å². The molecule has 2 aromatic rings. The third kappa shape index (κ3) is 4.02. The number of aromatic nitrogens is 3. The maximum absolute atomic E-state index is 11.8. The lowest BCUT2D eigenvalue weighted by atomic mass is 10.1. The van der Waals surface area contributed by atoms with Crippen LogP contribution in [0.4, 0.5) is 4.79 Å². The van der Waals surface area contributed by atoms with Gasteiger partial charge in [0.15, 0.2) is 6.04 Å². The molecule has 8 nitrogen and oxygen atoms in total. The molecule has 3 N–H and O–H groups in total. The van der Waals surface area contributed by atoms with Crippen LogP contribution in [0.3, 0.4) is 0 Å². The van der Waals surface area contributed by atoms with Crippen LogP contribution in [0.25, 0.3) is 0 Å².